The highest BCUT2D eigenvalue weighted by Crippen LogP contribution is 2.10. The molecule has 14 heavy (non-hydrogen) atoms. The zero-order valence-electron chi connectivity index (χ0n) is 9.21. The van der Waals surface area contributed by atoms with E-state index in [4.69, 9.17) is 0 Å². The van der Waals surface area contributed by atoms with Crippen LogP contribution in [-0.4, -0.2) is 36.6 Å². The molecule has 0 saturated carbocycles. The Kier molecular flexibility index (Phi) is 5.07. The normalized spacial score (nSPS) is 11.1. The van der Waals surface area contributed by atoms with Gasteiger partial charge in [-0.25, -0.2) is 4.98 Å². The van der Waals surface area contributed by atoms with E-state index in [9.17, 15) is 0 Å². The van der Waals surface area contributed by atoms with Gasteiger partial charge in [0.2, 0.25) is 0 Å². The van der Waals surface area contributed by atoms with Crippen molar-refractivity contribution in [3.8, 4) is 0 Å². The second kappa shape index (κ2) is 6.11. The molecular weight excluding hydrogens is 194 g/mol. The number of nitrogens with zero attached hydrogens (tertiary/aromatic N) is 2. The number of hydrogen-bond donors (Lipinski definition) is 1. The van der Waals surface area contributed by atoms with Crippen molar-refractivity contribution in [1.29, 1.82) is 0 Å². The predicted molar refractivity (Wildman–Crippen MR) is 61.7 cm³/mol. The van der Waals surface area contributed by atoms with Crippen molar-refractivity contribution in [1.82, 2.24) is 15.2 Å². The number of likely N-dealkylation sites (N-methyl/N-ethyl adjacent to an activating group) is 1. The first-order valence-electron chi connectivity index (χ1n) is 5.02. The van der Waals surface area contributed by atoms with Crippen molar-refractivity contribution in [3.63, 3.8) is 0 Å². The molecule has 0 aliphatic carbocycles. The molecule has 1 heterocycles. The number of aryl methyl sites for hydroxylation is 1. The van der Waals surface area contributed by atoms with Gasteiger partial charge in [-0.2, -0.15) is 0 Å². The van der Waals surface area contributed by atoms with Gasteiger partial charge in [0, 0.05) is 24.5 Å². The molecule has 0 bridgehead atoms. The van der Waals surface area contributed by atoms with Gasteiger partial charge in [0.25, 0.3) is 0 Å². The summed E-state index contributed by atoms with van der Waals surface area (Å²) in [6.07, 6.45) is 0. The number of rotatable bonds is 6. The SMILES string of the molecule is CCN(C)CCNCc1scnc1C. The van der Waals surface area contributed by atoms with Crippen LogP contribution in [-0.2, 0) is 6.54 Å². The Morgan fingerprint density at radius 1 is 1.57 bits per heavy atom. The third kappa shape index (κ3) is 3.74. The van der Waals surface area contributed by atoms with Crippen LogP contribution in [0.25, 0.3) is 0 Å². The molecule has 0 atom stereocenters. The summed E-state index contributed by atoms with van der Waals surface area (Å²) in [5, 5.41) is 3.42. The van der Waals surface area contributed by atoms with E-state index in [1.54, 1.807) is 11.3 Å². The largest absolute Gasteiger partial charge is 0.311 e. The fraction of sp³-hybridized carbons (Fsp3) is 0.700. The van der Waals surface area contributed by atoms with Crippen molar-refractivity contribution in [2.75, 3.05) is 26.7 Å². The Hall–Kier alpha value is -0.450. The molecule has 0 aliphatic rings. The topological polar surface area (TPSA) is 28.2 Å². The van der Waals surface area contributed by atoms with Gasteiger partial charge in [0.15, 0.2) is 0 Å². The minimum atomic E-state index is 0.952. The fourth-order valence-electron chi connectivity index (χ4n) is 1.13. The number of thiazole rings is 1. The molecule has 3 nitrogen and oxygen atoms in total. The number of hydrogen-bond acceptors (Lipinski definition) is 4. The Bertz CT molecular complexity index is 260. The summed E-state index contributed by atoms with van der Waals surface area (Å²) in [6, 6.07) is 0. The molecule has 1 aromatic heterocycles. The van der Waals surface area contributed by atoms with Crippen LogP contribution in [0.3, 0.4) is 0 Å². The first-order chi connectivity index (χ1) is 6.74. The third-order valence-electron chi connectivity index (χ3n) is 2.34. The quantitative estimate of drug-likeness (QED) is 0.726. The lowest BCUT2D eigenvalue weighted by atomic mass is 10.4. The van der Waals surface area contributed by atoms with E-state index in [0.717, 1.165) is 31.9 Å². The molecule has 4 heteroatoms. The number of aromatic nitrogens is 1. The van der Waals surface area contributed by atoms with Crippen LogP contribution in [0.5, 0.6) is 0 Å². The standard InChI is InChI=1S/C10H19N3S/c1-4-13(3)6-5-11-7-10-9(2)12-8-14-10/h8,11H,4-7H2,1-3H3. The zero-order valence-corrected chi connectivity index (χ0v) is 10.0. The highest BCUT2D eigenvalue weighted by atomic mass is 32.1. The molecule has 0 unspecified atom stereocenters. The van der Waals surface area contributed by atoms with Crippen molar-refractivity contribution < 1.29 is 0 Å². The summed E-state index contributed by atoms with van der Waals surface area (Å²) in [7, 11) is 2.14. The maximum absolute atomic E-state index is 4.21. The molecule has 0 aliphatic heterocycles. The van der Waals surface area contributed by atoms with Crippen LogP contribution in [0.4, 0.5) is 0 Å². The van der Waals surface area contributed by atoms with Crippen LogP contribution in [0.15, 0.2) is 5.51 Å². The Labute approximate surface area is 90.2 Å². The average molecular weight is 213 g/mol. The van der Waals surface area contributed by atoms with Gasteiger partial charge in [-0.1, -0.05) is 6.92 Å². The summed E-state index contributed by atoms with van der Waals surface area (Å²) in [4.78, 5) is 7.86. The first kappa shape index (κ1) is 11.6. The lowest BCUT2D eigenvalue weighted by Crippen LogP contribution is -2.28. The van der Waals surface area contributed by atoms with Crippen LogP contribution >= 0.6 is 11.3 Å². The Morgan fingerprint density at radius 2 is 2.36 bits per heavy atom. The van der Waals surface area contributed by atoms with Gasteiger partial charge in [0.1, 0.15) is 0 Å². The minimum Gasteiger partial charge on any atom is -0.311 e. The van der Waals surface area contributed by atoms with Crippen LogP contribution < -0.4 is 5.32 Å². The lowest BCUT2D eigenvalue weighted by Gasteiger charge is -2.13. The Morgan fingerprint density at radius 3 is 2.93 bits per heavy atom. The first-order valence-corrected chi connectivity index (χ1v) is 5.90. The van der Waals surface area contributed by atoms with E-state index in [1.807, 2.05) is 5.51 Å². The summed E-state index contributed by atoms with van der Waals surface area (Å²) < 4.78 is 0. The highest BCUT2D eigenvalue weighted by molar-refractivity contribution is 7.09. The lowest BCUT2D eigenvalue weighted by molar-refractivity contribution is 0.349. The van der Waals surface area contributed by atoms with Gasteiger partial charge in [-0.05, 0) is 20.5 Å². The van der Waals surface area contributed by atoms with Crippen molar-refractivity contribution in [2.45, 2.75) is 20.4 Å². The van der Waals surface area contributed by atoms with Crippen LogP contribution in [0.2, 0.25) is 0 Å². The van der Waals surface area contributed by atoms with E-state index < -0.39 is 0 Å². The summed E-state index contributed by atoms with van der Waals surface area (Å²) in [6.45, 7) is 8.45. The van der Waals surface area contributed by atoms with Gasteiger partial charge < -0.3 is 10.2 Å². The number of nitrogens with one attached hydrogen (secondary N) is 1. The van der Waals surface area contributed by atoms with Crippen molar-refractivity contribution in [2.24, 2.45) is 0 Å². The molecule has 0 fully saturated rings. The van der Waals surface area contributed by atoms with Crippen molar-refractivity contribution >= 4 is 11.3 Å². The van der Waals surface area contributed by atoms with E-state index in [0.29, 0.717) is 0 Å². The van der Waals surface area contributed by atoms with E-state index in [1.165, 1.54) is 4.88 Å². The second-order valence-electron chi connectivity index (χ2n) is 3.43. The molecular formula is C10H19N3S. The van der Waals surface area contributed by atoms with Crippen LogP contribution in [0.1, 0.15) is 17.5 Å². The van der Waals surface area contributed by atoms with Crippen molar-refractivity contribution in [3.05, 3.63) is 16.1 Å². The highest BCUT2D eigenvalue weighted by Gasteiger charge is 2.00. The molecule has 1 rings (SSSR count). The summed E-state index contributed by atoms with van der Waals surface area (Å²) >= 11 is 1.73. The molecule has 1 aromatic rings. The molecule has 1 N–H and O–H groups in total. The van der Waals surface area contributed by atoms with Gasteiger partial charge in [0.05, 0.1) is 11.2 Å². The maximum atomic E-state index is 4.21. The van der Waals surface area contributed by atoms with E-state index in [2.05, 4.69) is 36.1 Å². The molecule has 80 valence electrons. The zero-order chi connectivity index (χ0) is 10.4. The second-order valence-corrected chi connectivity index (χ2v) is 4.37. The smallest absolute Gasteiger partial charge is 0.0798 e. The monoisotopic (exact) mass is 213 g/mol. The molecule has 0 radical (unpaired) electrons. The molecule has 0 spiro atoms. The predicted octanol–water partition coefficient (Wildman–Crippen LogP) is 1.49. The van der Waals surface area contributed by atoms with Gasteiger partial charge in [-0.15, -0.1) is 11.3 Å². The third-order valence-corrected chi connectivity index (χ3v) is 3.28. The summed E-state index contributed by atoms with van der Waals surface area (Å²) in [5.41, 5.74) is 3.07. The van der Waals surface area contributed by atoms with Gasteiger partial charge in [-0.3, -0.25) is 0 Å². The molecule has 0 aromatic carbocycles. The Balaban J connectivity index is 2.13. The fourth-order valence-corrected chi connectivity index (χ4v) is 1.87. The average Bonchev–Trinajstić information content (AvgIpc) is 2.58. The van der Waals surface area contributed by atoms with Crippen LogP contribution in [0, 0.1) is 6.92 Å². The van der Waals surface area contributed by atoms with E-state index in [-0.39, 0.29) is 0 Å². The molecule has 0 amide bonds. The maximum Gasteiger partial charge on any atom is 0.0798 e. The summed E-state index contributed by atoms with van der Waals surface area (Å²) in [5.74, 6) is 0. The van der Waals surface area contributed by atoms with E-state index >= 15 is 0 Å². The minimum absolute atomic E-state index is 0.952. The van der Waals surface area contributed by atoms with Gasteiger partial charge >= 0.3 is 0 Å². The molecule has 0 saturated heterocycles.